The predicted octanol–water partition coefficient (Wildman–Crippen LogP) is 5.44. The summed E-state index contributed by atoms with van der Waals surface area (Å²) in [7, 11) is -3.98. The normalized spacial score (nSPS) is 29.8. The average molecular weight is 497 g/mol. The second kappa shape index (κ2) is 7.64. The number of rotatable bonds is 4. The highest BCUT2D eigenvalue weighted by Gasteiger charge is 2.70. The lowest BCUT2D eigenvalue weighted by Gasteiger charge is -2.37. The van der Waals surface area contributed by atoms with Gasteiger partial charge in [0, 0.05) is 23.1 Å². The summed E-state index contributed by atoms with van der Waals surface area (Å²) in [5, 5.41) is 9.08. The van der Waals surface area contributed by atoms with E-state index < -0.39 is 32.1 Å². The molecule has 0 aromatic heterocycles. The van der Waals surface area contributed by atoms with Gasteiger partial charge in [0.15, 0.2) is 0 Å². The number of alkyl halides is 3. The molecule has 1 aliphatic heterocycles. The van der Waals surface area contributed by atoms with Crippen molar-refractivity contribution in [3.63, 3.8) is 0 Å². The Morgan fingerprint density at radius 1 is 1.15 bits per heavy atom. The van der Waals surface area contributed by atoms with Gasteiger partial charge < -0.3 is 0 Å². The number of hydrogen-bond acceptors (Lipinski definition) is 4. The Morgan fingerprint density at radius 3 is 2.55 bits per heavy atom. The van der Waals surface area contributed by atoms with Crippen molar-refractivity contribution in [1.82, 2.24) is 0 Å². The van der Waals surface area contributed by atoms with Gasteiger partial charge in [0.2, 0.25) is 10.0 Å². The molecule has 3 aliphatic rings. The van der Waals surface area contributed by atoms with Gasteiger partial charge in [-0.3, -0.25) is 4.31 Å². The molecule has 33 heavy (non-hydrogen) atoms. The topological polar surface area (TPSA) is 61.2 Å². The number of fused-ring (bicyclic) bond motifs is 5. The maximum absolute atomic E-state index is 14.0. The monoisotopic (exact) mass is 496 g/mol. The molecule has 4 nitrogen and oxygen atoms in total. The van der Waals surface area contributed by atoms with E-state index in [0.717, 1.165) is 40.6 Å². The summed E-state index contributed by atoms with van der Waals surface area (Å²) in [6.07, 6.45) is -2.26. The molecule has 2 aliphatic carbocycles. The predicted molar refractivity (Wildman–Crippen MR) is 117 cm³/mol. The number of hydrogen-bond donors (Lipinski definition) is 0. The number of halogens is 4. The minimum Gasteiger partial charge on any atom is -0.269 e. The number of benzene rings is 2. The van der Waals surface area contributed by atoms with Crippen LogP contribution in [0.5, 0.6) is 0 Å². The van der Waals surface area contributed by atoms with Crippen molar-refractivity contribution in [2.75, 3.05) is 16.6 Å². The Kier molecular flexibility index (Phi) is 5.21. The van der Waals surface area contributed by atoms with E-state index in [1.165, 1.54) is 36.0 Å². The van der Waals surface area contributed by atoms with Crippen molar-refractivity contribution in [3.8, 4) is 6.07 Å². The Bertz CT molecular complexity index is 1240. The first-order chi connectivity index (χ1) is 15.6. The van der Waals surface area contributed by atoms with E-state index in [1.807, 2.05) is 0 Å². The molecule has 2 bridgehead atoms. The molecular formula is C23H20F4N2O2S2. The SMILES string of the molecule is N#Cc1ccc(N2C[C@H]3[C@@H]4CC[C@@H](C4)[C@@]3(CSc3ccc(F)cc3)S2(=O)=O)cc1C(F)(F)F. The molecular weight excluding hydrogens is 476 g/mol. The zero-order valence-electron chi connectivity index (χ0n) is 17.3. The molecule has 0 amide bonds. The van der Waals surface area contributed by atoms with Crippen LogP contribution in [-0.2, 0) is 16.2 Å². The van der Waals surface area contributed by atoms with E-state index >= 15 is 0 Å². The van der Waals surface area contributed by atoms with E-state index in [4.69, 9.17) is 5.26 Å². The molecule has 3 fully saturated rings. The standard InChI is InChI=1S/C23H20F4N2O2S2/c24-17-4-7-19(8-5-17)32-13-22-16-3-1-14(9-16)21(22)12-29(33(22,30)31)18-6-2-15(11-28)20(10-18)23(25,26)27/h2,4-8,10,14,16,21H,1,3,9,12-13H2/t14-,16+,21+,22-/m1/s1. The zero-order valence-corrected chi connectivity index (χ0v) is 19.0. The third kappa shape index (κ3) is 3.35. The summed E-state index contributed by atoms with van der Waals surface area (Å²) >= 11 is 1.35. The van der Waals surface area contributed by atoms with Gasteiger partial charge in [0.05, 0.1) is 22.9 Å². The quantitative estimate of drug-likeness (QED) is 0.418. The fourth-order valence-corrected chi connectivity index (χ4v) is 10.4. The third-order valence-corrected chi connectivity index (χ3v) is 11.6. The zero-order chi connectivity index (χ0) is 23.6. The van der Waals surface area contributed by atoms with Crippen LogP contribution in [0, 0.1) is 34.9 Å². The molecule has 5 rings (SSSR count). The largest absolute Gasteiger partial charge is 0.417 e. The van der Waals surface area contributed by atoms with Crippen LogP contribution in [0.25, 0.3) is 0 Å². The van der Waals surface area contributed by atoms with Gasteiger partial charge in [-0.25, -0.2) is 12.8 Å². The van der Waals surface area contributed by atoms with Gasteiger partial charge >= 0.3 is 6.18 Å². The second-order valence-corrected chi connectivity index (χ2v) is 12.1. The van der Waals surface area contributed by atoms with Crippen LogP contribution in [0.15, 0.2) is 47.4 Å². The van der Waals surface area contributed by atoms with E-state index in [9.17, 15) is 26.0 Å². The Morgan fingerprint density at radius 2 is 1.88 bits per heavy atom. The van der Waals surface area contributed by atoms with Crippen LogP contribution in [0.2, 0.25) is 0 Å². The van der Waals surface area contributed by atoms with Crippen LogP contribution in [0.1, 0.15) is 30.4 Å². The molecule has 1 heterocycles. The lowest BCUT2D eigenvalue weighted by atomic mass is 9.79. The fourth-order valence-electron chi connectivity index (χ4n) is 6.00. The summed E-state index contributed by atoms with van der Waals surface area (Å²) < 4.78 is 81.9. The average Bonchev–Trinajstić information content (AvgIpc) is 3.43. The molecule has 0 unspecified atom stereocenters. The molecule has 2 aromatic carbocycles. The van der Waals surface area contributed by atoms with Crippen LogP contribution < -0.4 is 4.31 Å². The van der Waals surface area contributed by atoms with Gasteiger partial charge in [-0.05, 0) is 73.6 Å². The summed E-state index contributed by atoms with van der Waals surface area (Å²) in [6.45, 7) is 0.136. The van der Waals surface area contributed by atoms with Crippen molar-refractivity contribution in [2.45, 2.75) is 35.1 Å². The number of nitrogens with zero attached hydrogens (tertiary/aromatic N) is 2. The van der Waals surface area contributed by atoms with Crippen LogP contribution >= 0.6 is 11.8 Å². The van der Waals surface area contributed by atoms with Gasteiger partial charge in [0.25, 0.3) is 0 Å². The van der Waals surface area contributed by atoms with Crippen molar-refractivity contribution < 1.29 is 26.0 Å². The molecule has 2 aromatic rings. The van der Waals surface area contributed by atoms with E-state index in [0.29, 0.717) is 0 Å². The maximum atomic E-state index is 14.0. The number of nitriles is 1. The van der Waals surface area contributed by atoms with Crippen LogP contribution in [0.3, 0.4) is 0 Å². The molecule has 0 spiro atoms. The second-order valence-electron chi connectivity index (χ2n) is 8.95. The van der Waals surface area contributed by atoms with Crippen LogP contribution in [0.4, 0.5) is 23.2 Å². The molecule has 2 saturated carbocycles. The van der Waals surface area contributed by atoms with Gasteiger partial charge in [-0.1, -0.05) is 0 Å². The van der Waals surface area contributed by atoms with E-state index in [2.05, 4.69) is 0 Å². The van der Waals surface area contributed by atoms with Gasteiger partial charge in [-0.2, -0.15) is 18.4 Å². The number of sulfonamides is 1. The van der Waals surface area contributed by atoms with Crippen molar-refractivity contribution >= 4 is 27.5 Å². The third-order valence-electron chi connectivity index (χ3n) is 7.49. The minimum absolute atomic E-state index is 0.0544. The highest BCUT2D eigenvalue weighted by molar-refractivity contribution is 8.01. The highest BCUT2D eigenvalue weighted by atomic mass is 32.2. The van der Waals surface area contributed by atoms with Gasteiger partial charge in [-0.15, -0.1) is 11.8 Å². The summed E-state index contributed by atoms with van der Waals surface area (Å²) in [6, 6.07) is 10.5. The first kappa shape index (κ1) is 22.5. The molecule has 4 atom stereocenters. The summed E-state index contributed by atoms with van der Waals surface area (Å²) in [5.74, 6) is -0.137. The molecule has 174 valence electrons. The maximum Gasteiger partial charge on any atom is 0.417 e. The Labute approximate surface area is 193 Å². The van der Waals surface area contributed by atoms with Crippen LogP contribution in [-0.4, -0.2) is 25.5 Å². The first-order valence-corrected chi connectivity index (χ1v) is 13.0. The Hall–Kier alpha value is -2.25. The minimum atomic E-state index is -4.77. The van der Waals surface area contributed by atoms with E-state index in [1.54, 1.807) is 12.1 Å². The number of thioether (sulfide) groups is 1. The summed E-state index contributed by atoms with van der Waals surface area (Å²) in [5.41, 5.74) is -1.72. The molecule has 10 heteroatoms. The fraction of sp³-hybridized carbons (Fsp3) is 0.435. The molecule has 0 radical (unpaired) electrons. The Balaban J connectivity index is 1.54. The number of anilines is 1. The smallest absolute Gasteiger partial charge is 0.269 e. The van der Waals surface area contributed by atoms with Crippen molar-refractivity contribution in [1.29, 1.82) is 5.26 Å². The molecule has 1 saturated heterocycles. The van der Waals surface area contributed by atoms with E-state index in [-0.39, 0.29) is 41.6 Å². The van der Waals surface area contributed by atoms with Crippen molar-refractivity contribution in [3.05, 3.63) is 59.4 Å². The molecule has 0 N–H and O–H groups in total. The highest BCUT2D eigenvalue weighted by Crippen LogP contribution is 2.63. The first-order valence-electron chi connectivity index (χ1n) is 10.6. The summed E-state index contributed by atoms with van der Waals surface area (Å²) in [4.78, 5) is 0.749. The lowest BCUT2D eigenvalue weighted by Crippen LogP contribution is -2.49. The lowest BCUT2D eigenvalue weighted by molar-refractivity contribution is -0.137. The van der Waals surface area contributed by atoms with Crippen molar-refractivity contribution in [2.24, 2.45) is 17.8 Å². The van der Waals surface area contributed by atoms with Gasteiger partial charge in [0.1, 0.15) is 10.6 Å².